The number of anilines is 3. The Morgan fingerprint density at radius 1 is 1.09 bits per heavy atom. The van der Waals surface area contributed by atoms with Crippen molar-refractivity contribution in [2.45, 2.75) is 19.8 Å². The minimum absolute atomic E-state index is 0.0406. The number of hydrogen-bond donors (Lipinski definition) is 3. The van der Waals surface area contributed by atoms with Crippen LogP contribution in [-0.4, -0.2) is 52.1 Å². The molecule has 0 saturated carbocycles. The minimum Gasteiger partial charge on any atom is -0.508 e. The van der Waals surface area contributed by atoms with Gasteiger partial charge in [-0.1, -0.05) is 12.1 Å². The molecule has 32 heavy (non-hydrogen) atoms. The minimum atomic E-state index is -0.332. The highest BCUT2D eigenvalue weighted by molar-refractivity contribution is 6.05. The lowest BCUT2D eigenvalue weighted by Gasteiger charge is -2.15. The van der Waals surface area contributed by atoms with Gasteiger partial charge in [0.05, 0.1) is 18.1 Å². The maximum atomic E-state index is 12.5. The molecule has 1 aliphatic rings. The molecule has 2 aromatic carbocycles. The molecule has 8 heteroatoms. The molecule has 1 amide bonds. The van der Waals surface area contributed by atoms with Crippen molar-refractivity contribution in [3.63, 3.8) is 0 Å². The van der Waals surface area contributed by atoms with Crippen LogP contribution in [0.25, 0.3) is 0 Å². The molecule has 0 spiro atoms. The summed E-state index contributed by atoms with van der Waals surface area (Å²) in [5, 5.41) is 15.5. The molecule has 1 saturated heterocycles. The summed E-state index contributed by atoms with van der Waals surface area (Å²) in [5.41, 5.74) is 2.44. The summed E-state index contributed by atoms with van der Waals surface area (Å²) in [6.07, 6.45) is 5.61. The molecule has 166 valence electrons. The second-order valence-corrected chi connectivity index (χ2v) is 7.80. The molecule has 8 nitrogen and oxygen atoms in total. The Balaban J connectivity index is 1.32. The molecule has 1 fully saturated rings. The van der Waals surface area contributed by atoms with Crippen LogP contribution in [-0.2, 0) is 0 Å². The van der Waals surface area contributed by atoms with E-state index in [9.17, 15) is 9.90 Å². The molecular weight excluding hydrogens is 406 g/mol. The topological polar surface area (TPSA) is 99.6 Å². The van der Waals surface area contributed by atoms with Crippen molar-refractivity contribution in [3.8, 4) is 11.5 Å². The molecule has 4 rings (SSSR count). The number of phenols is 1. The Morgan fingerprint density at radius 3 is 2.66 bits per heavy atom. The van der Waals surface area contributed by atoms with Crippen LogP contribution in [0, 0.1) is 6.92 Å². The van der Waals surface area contributed by atoms with Crippen molar-refractivity contribution in [1.29, 1.82) is 0 Å². The second-order valence-electron chi connectivity index (χ2n) is 7.80. The third kappa shape index (κ3) is 5.73. The van der Waals surface area contributed by atoms with Crippen LogP contribution in [0.4, 0.5) is 17.3 Å². The number of phenolic OH excluding ortho intramolecular Hbond substituents is 1. The first-order chi connectivity index (χ1) is 15.6. The van der Waals surface area contributed by atoms with E-state index in [2.05, 4.69) is 25.5 Å². The lowest BCUT2D eigenvalue weighted by atomic mass is 10.1. The summed E-state index contributed by atoms with van der Waals surface area (Å²) >= 11 is 0. The first-order valence-corrected chi connectivity index (χ1v) is 10.7. The van der Waals surface area contributed by atoms with E-state index in [0.717, 1.165) is 36.6 Å². The van der Waals surface area contributed by atoms with Gasteiger partial charge in [0.15, 0.2) is 0 Å². The van der Waals surface area contributed by atoms with Gasteiger partial charge in [0, 0.05) is 23.9 Å². The second kappa shape index (κ2) is 10.1. The molecule has 1 aromatic heterocycles. The normalized spacial score (nSPS) is 13.7. The first-order valence-electron chi connectivity index (χ1n) is 10.7. The molecule has 3 aromatic rings. The molecule has 0 unspecified atom stereocenters. The van der Waals surface area contributed by atoms with Crippen molar-refractivity contribution >= 4 is 23.2 Å². The predicted molar refractivity (Wildman–Crippen MR) is 124 cm³/mol. The summed E-state index contributed by atoms with van der Waals surface area (Å²) in [5.74, 6) is 0.908. The number of likely N-dealkylation sites (tertiary alicyclic amines) is 1. The molecule has 3 N–H and O–H groups in total. The number of carbonyl (C=O) groups is 1. The van der Waals surface area contributed by atoms with Crippen LogP contribution >= 0.6 is 0 Å². The number of rotatable bonds is 8. The zero-order chi connectivity index (χ0) is 22.3. The number of aryl methyl sites for hydroxylation is 1. The average Bonchev–Trinajstić information content (AvgIpc) is 3.31. The SMILES string of the molecule is Cc1ccc(O)cc1C(=O)Nc1cnc(Nc2cccc(OCCN3CCCC3)c2)nc1. The highest BCUT2D eigenvalue weighted by Gasteiger charge is 2.12. The van der Waals surface area contributed by atoms with Gasteiger partial charge in [0.2, 0.25) is 5.95 Å². The number of carbonyl (C=O) groups excluding carboxylic acids is 1. The van der Waals surface area contributed by atoms with Crippen molar-refractivity contribution in [1.82, 2.24) is 14.9 Å². The van der Waals surface area contributed by atoms with Crippen LogP contribution < -0.4 is 15.4 Å². The lowest BCUT2D eigenvalue weighted by molar-refractivity contribution is 0.102. The highest BCUT2D eigenvalue weighted by Crippen LogP contribution is 2.21. The number of ether oxygens (including phenoxy) is 1. The zero-order valence-corrected chi connectivity index (χ0v) is 18.0. The number of nitrogens with one attached hydrogen (secondary N) is 2. The molecule has 0 atom stereocenters. The maximum Gasteiger partial charge on any atom is 0.256 e. The fourth-order valence-electron chi connectivity index (χ4n) is 3.60. The van der Waals surface area contributed by atoms with E-state index in [0.29, 0.717) is 23.8 Å². The number of aromatic nitrogens is 2. The van der Waals surface area contributed by atoms with E-state index in [4.69, 9.17) is 4.74 Å². The Kier molecular flexibility index (Phi) is 6.81. The van der Waals surface area contributed by atoms with Gasteiger partial charge in [-0.3, -0.25) is 9.69 Å². The van der Waals surface area contributed by atoms with E-state index < -0.39 is 0 Å². The molecule has 0 radical (unpaired) electrons. The number of amides is 1. The maximum absolute atomic E-state index is 12.5. The Morgan fingerprint density at radius 2 is 1.88 bits per heavy atom. The third-order valence-corrected chi connectivity index (χ3v) is 5.34. The molecule has 2 heterocycles. The smallest absolute Gasteiger partial charge is 0.256 e. The van der Waals surface area contributed by atoms with Crippen LogP contribution in [0.5, 0.6) is 11.5 Å². The van der Waals surface area contributed by atoms with Gasteiger partial charge in [0.1, 0.15) is 18.1 Å². The molecule has 1 aliphatic heterocycles. The summed E-state index contributed by atoms with van der Waals surface area (Å²) in [6.45, 7) is 5.73. The number of hydrogen-bond acceptors (Lipinski definition) is 7. The average molecular weight is 434 g/mol. The zero-order valence-electron chi connectivity index (χ0n) is 18.0. The summed E-state index contributed by atoms with van der Waals surface area (Å²) in [4.78, 5) is 23.4. The molecule has 0 bridgehead atoms. The molecular formula is C24H27N5O3. The summed E-state index contributed by atoms with van der Waals surface area (Å²) < 4.78 is 5.88. The Hall–Kier alpha value is -3.65. The van der Waals surface area contributed by atoms with Gasteiger partial charge < -0.3 is 20.5 Å². The fraction of sp³-hybridized carbons (Fsp3) is 0.292. The van der Waals surface area contributed by atoms with E-state index in [-0.39, 0.29) is 11.7 Å². The predicted octanol–water partition coefficient (Wildman–Crippen LogP) is 3.96. The summed E-state index contributed by atoms with van der Waals surface area (Å²) in [6, 6.07) is 12.3. The van der Waals surface area contributed by atoms with E-state index in [1.54, 1.807) is 12.1 Å². The van der Waals surface area contributed by atoms with E-state index in [1.165, 1.54) is 31.3 Å². The van der Waals surface area contributed by atoms with Crippen molar-refractivity contribution in [2.75, 3.05) is 36.9 Å². The monoisotopic (exact) mass is 433 g/mol. The van der Waals surface area contributed by atoms with Crippen LogP contribution in [0.1, 0.15) is 28.8 Å². The fourth-order valence-corrected chi connectivity index (χ4v) is 3.60. The van der Waals surface area contributed by atoms with Crippen LogP contribution in [0.15, 0.2) is 54.9 Å². The highest BCUT2D eigenvalue weighted by atomic mass is 16.5. The van der Waals surface area contributed by atoms with Gasteiger partial charge in [-0.2, -0.15) is 0 Å². The number of aromatic hydroxyl groups is 1. The largest absolute Gasteiger partial charge is 0.508 e. The van der Waals surface area contributed by atoms with Crippen LogP contribution in [0.2, 0.25) is 0 Å². The number of nitrogens with zero attached hydrogens (tertiary/aromatic N) is 3. The van der Waals surface area contributed by atoms with Gasteiger partial charge in [-0.15, -0.1) is 0 Å². The number of benzene rings is 2. The van der Waals surface area contributed by atoms with Crippen molar-refractivity contribution in [2.24, 2.45) is 0 Å². The van der Waals surface area contributed by atoms with Gasteiger partial charge in [-0.05, 0) is 62.7 Å². The van der Waals surface area contributed by atoms with Crippen LogP contribution in [0.3, 0.4) is 0 Å². The van der Waals surface area contributed by atoms with E-state index in [1.807, 2.05) is 31.2 Å². The Bertz CT molecular complexity index is 1070. The lowest BCUT2D eigenvalue weighted by Crippen LogP contribution is -2.25. The summed E-state index contributed by atoms with van der Waals surface area (Å²) in [7, 11) is 0. The third-order valence-electron chi connectivity index (χ3n) is 5.34. The Labute approximate surface area is 187 Å². The van der Waals surface area contributed by atoms with Gasteiger partial charge in [-0.25, -0.2) is 9.97 Å². The van der Waals surface area contributed by atoms with Crippen molar-refractivity contribution < 1.29 is 14.6 Å². The molecule has 0 aliphatic carbocycles. The van der Waals surface area contributed by atoms with Gasteiger partial charge >= 0.3 is 0 Å². The van der Waals surface area contributed by atoms with Crippen molar-refractivity contribution in [3.05, 3.63) is 66.0 Å². The van der Waals surface area contributed by atoms with Gasteiger partial charge in [0.25, 0.3) is 5.91 Å². The standard InChI is InChI=1S/C24H27N5O3/c1-17-7-8-20(30)14-22(17)23(31)27-19-15-25-24(26-16-19)28-18-5-4-6-21(13-18)32-12-11-29-9-2-3-10-29/h4-8,13-16,30H,2-3,9-12H2,1H3,(H,27,31)(H,25,26,28). The van der Waals surface area contributed by atoms with E-state index >= 15 is 0 Å². The first kappa shape index (κ1) is 21.6. The quantitative estimate of drug-likeness (QED) is 0.494.